The molecule has 1 aromatic carbocycles. The van der Waals surface area contributed by atoms with Crippen molar-refractivity contribution >= 4 is 17.6 Å². The van der Waals surface area contributed by atoms with Gasteiger partial charge in [0.15, 0.2) is 11.5 Å². The zero-order valence-electron chi connectivity index (χ0n) is 9.24. The summed E-state index contributed by atoms with van der Waals surface area (Å²) in [4.78, 5) is 10.9. The first-order valence-electron chi connectivity index (χ1n) is 4.68. The Balaban J connectivity index is 3.45. The fraction of sp³-hybridized carbons (Fsp3) is 0.364. The van der Waals surface area contributed by atoms with E-state index in [1.807, 2.05) is 0 Å². The van der Waals surface area contributed by atoms with Crippen molar-refractivity contribution in [1.29, 1.82) is 0 Å². The first-order valence-corrected chi connectivity index (χ1v) is 5.06. The third-order valence-corrected chi connectivity index (χ3v) is 2.83. The molecule has 0 radical (unpaired) electrons. The molecule has 0 saturated heterocycles. The number of aryl methyl sites for hydroxylation is 1. The Bertz CT molecular complexity index is 428. The molecule has 0 aromatic heterocycles. The molecule has 4 nitrogen and oxygen atoms in total. The number of carbonyl (C=O) groups is 1. The molecule has 1 aromatic rings. The van der Waals surface area contributed by atoms with Crippen LogP contribution < -0.4 is 4.74 Å². The number of carboxylic acids is 1. The molecule has 2 N–H and O–H groups in total. The molecule has 0 saturated carbocycles. The molecular formula is C11H13ClO4. The van der Waals surface area contributed by atoms with Crippen LogP contribution >= 0.6 is 11.6 Å². The third kappa shape index (κ3) is 2.07. The monoisotopic (exact) mass is 244 g/mol. The lowest BCUT2D eigenvalue weighted by Crippen LogP contribution is -2.10. The summed E-state index contributed by atoms with van der Waals surface area (Å²) >= 11 is 6.01. The van der Waals surface area contributed by atoms with Gasteiger partial charge in [-0.3, -0.25) is 4.79 Å². The number of halogens is 1. The molecule has 0 heterocycles. The van der Waals surface area contributed by atoms with Crippen molar-refractivity contribution in [3.05, 3.63) is 22.2 Å². The van der Waals surface area contributed by atoms with Crippen molar-refractivity contribution in [2.75, 3.05) is 7.11 Å². The minimum absolute atomic E-state index is 0.0914. The van der Waals surface area contributed by atoms with Crippen molar-refractivity contribution in [2.24, 2.45) is 0 Å². The molecule has 0 amide bonds. The second-order valence-corrected chi connectivity index (χ2v) is 3.91. The SMILES string of the molecule is COc1c(O)cc(C)c(C(C)C(=O)O)c1Cl. The number of benzene rings is 1. The number of aliphatic carboxylic acids is 1. The van der Waals surface area contributed by atoms with E-state index in [0.717, 1.165) is 0 Å². The molecule has 88 valence electrons. The normalized spacial score (nSPS) is 12.2. The zero-order valence-corrected chi connectivity index (χ0v) is 10.00. The minimum atomic E-state index is -0.974. The van der Waals surface area contributed by atoms with Gasteiger partial charge in [-0.1, -0.05) is 11.6 Å². The van der Waals surface area contributed by atoms with Crippen molar-refractivity contribution in [1.82, 2.24) is 0 Å². The lowest BCUT2D eigenvalue weighted by Gasteiger charge is -2.16. The number of phenolic OH excluding ortho intramolecular Hbond substituents is 1. The maximum absolute atomic E-state index is 10.9. The van der Waals surface area contributed by atoms with Crippen LogP contribution in [0.3, 0.4) is 0 Å². The summed E-state index contributed by atoms with van der Waals surface area (Å²) in [6, 6.07) is 1.44. The van der Waals surface area contributed by atoms with Crippen LogP contribution in [0.5, 0.6) is 11.5 Å². The number of hydrogen-bond donors (Lipinski definition) is 2. The summed E-state index contributed by atoms with van der Waals surface area (Å²) < 4.78 is 4.93. The molecular weight excluding hydrogens is 232 g/mol. The van der Waals surface area contributed by atoms with E-state index in [1.54, 1.807) is 6.92 Å². The number of aromatic hydroxyl groups is 1. The Hall–Kier alpha value is -1.42. The predicted molar refractivity (Wildman–Crippen MR) is 60.5 cm³/mol. The fourth-order valence-electron chi connectivity index (χ4n) is 1.61. The molecule has 5 heteroatoms. The van der Waals surface area contributed by atoms with Crippen LogP contribution in [0.4, 0.5) is 0 Å². The quantitative estimate of drug-likeness (QED) is 0.858. The number of carboxylic acid groups (broad SMARTS) is 1. The van der Waals surface area contributed by atoms with E-state index < -0.39 is 11.9 Å². The van der Waals surface area contributed by atoms with Gasteiger partial charge in [-0.25, -0.2) is 0 Å². The maximum Gasteiger partial charge on any atom is 0.310 e. The second-order valence-electron chi connectivity index (χ2n) is 3.53. The fourth-order valence-corrected chi connectivity index (χ4v) is 2.09. The molecule has 16 heavy (non-hydrogen) atoms. The Morgan fingerprint density at radius 2 is 2.12 bits per heavy atom. The van der Waals surface area contributed by atoms with Gasteiger partial charge in [0.25, 0.3) is 0 Å². The van der Waals surface area contributed by atoms with Gasteiger partial charge >= 0.3 is 5.97 Å². The highest BCUT2D eigenvalue weighted by Crippen LogP contribution is 2.41. The summed E-state index contributed by atoms with van der Waals surface area (Å²) in [7, 11) is 1.37. The summed E-state index contributed by atoms with van der Waals surface area (Å²) in [6.07, 6.45) is 0. The van der Waals surface area contributed by atoms with Gasteiger partial charge in [0.1, 0.15) is 0 Å². The van der Waals surface area contributed by atoms with E-state index in [4.69, 9.17) is 21.4 Å². The number of hydrogen-bond acceptors (Lipinski definition) is 3. The van der Waals surface area contributed by atoms with E-state index in [9.17, 15) is 9.90 Å². The van der Waals surface area contributed by atoms with Crippen molar-refractivity contribution in [3.63, 3.8) is 0 Å². The van der Waals surface area contributed by atoms with E-state index >= 15 is 0 Å². The molecule has 0 fully saturated rings. The van der Waals surface area contributed by atoms with Crippen LogP contribution in [-0.4, -0.2) is 23.3 Å². The average Bonchev–Trinajstić information content (AvgIpc) is 2.17. The van der Waals surface area contributed by atoms with Gasteiger partial charge in [-0.2, -0.15) is 0 Å². The highest BCUT2D eigenvalue weighted by atomic mass is 35.5. The largest absolute Gasteiger partial charge is 0.504 e. The smallest absolute Gasteiger partial charge is 0.310 e. The molecule has 0 aliphatic carbocycles. The molecule has 1 atom stereocenters. The Labute approximate surface area is 98.4 Å². The van der Waals surface area contributed by atoms with Gasteiger partial charge < -0.3 is 14.9 Å². The van der Waals surface area contributed by atoms with E-state index in [2.05, 4.69) is 0 Å². The van der Waals surface area contributed by atoms with Crippen LogP contribution in [0.15, 0.2) is 6.07 Å². The van der Waals surface area contributed by atoms with Gasteiger partial charge in [-0.05, 0) is 31.0 Å². The van der Waals surface area contributed by atoms with Crippen LogP contribution in [0.25, 0.3) is 0 Å². The number of methoxy groups -OCH3 is 1. The molecule has 0 bridgehead atoms. The van der Waals surface area contributed by atoms with E-state index in [1.165, 1.54) is 20.1 Å². The van der Waals surface area contributed by atoms with Gasteiger partial charge in [-0.15, -0.1) is 0 Å². The minimum Gasteiger partial charge on any atom is -0.504 e. The highest BCUT2D eigenvalue weighted by Gasteiger charge is 2.23. The highest BCUT2D eigenvalue weighted by molar-refractivity contribution is 6.33. The summed E-state index contributed by atoms with van der Waals surface area (Å²) in [5, 5.41) is 18.7. The van der Waals surface area contributed by atoms with Crippen LogP contribution in [-0.2, 0) is 4.79 Å². The topological polar surface area (TPSA) is 66.8 Å². The van der Waals surface area contributed by atoms with Crippen molar-refractivity contribution in [2.45, 2.75) is 19.8 Å². The molecule has 1 rings (SSSR count). The summed E-state index contributed by atoms with van der Waals surface area (Å²) in [5.74, 6) is -1.71. The van der Waals surface area contributed by atoms with E-state index in [-0.39, 0.29) is 16.5 Å². The van der Waals surface area contributed by atoms with E-state index in [0.29, 0.717) is 11.1 Å². The van der Waals surface area contributed by atoms with Gasteiger partial charge in [0, 0.05) is 0 Å². The Kier molecular flexibility index (Phi) is 3.65. The predicted octanol–water partition coefficient (Wildman–Crippen LogP) is 2.55. The van der Waals surface area contributed by atoms with Gasteiger partial charge in [0.2, 0.25) is 0 Å². The first-order chi connectivity index (χ1) is 7.40. The van der Waals surface area contributed by atoms with Crippen LogP contribution in [0.1, 0.15) is 24.0 Å². The van der Waals surface area contributed by atoms with Crippen molar-refractivity contribution < 1.29 is 19.7 Å². The van der Waals surface area contributed by atoms with Crippen LogP contribution in [0.2, 0.25) is 5.02 Å². The first kappa shape index (κ1) is 12.6. The summed E-state index contributed by atoms with van der Waals surface area (Å²) in [5.41, 5.74) is 1.09. The van der Waals surface area contributed by atoms with Gasteiger partial charge in [0.05, 0.1) is 18.1 Å². The molecule has 0 aliphatic rings. The Morgan fingerprint density at radius 3 is 2.56 bits per heavy atom. The standard InChI is InChI=1S/C11H13ClO4/c1-5-4-7(13)10(16-3)9(12)8(5)6(2)11(14)15/h4,6,13H,1-3H3,(H,14,15). The lowest BCUT2D eigenvalue weighted by atomic mass is 9.95. The Morgan fingerprint density at radius 1 is 1.56 bits per heavy atom. The summed E-state index contributed by atoms with van der Waals surface area (Å²) in [6.45, 7) is 3.23. The average molecular weight is 245 g/mol. The number of rotatable bonds is 3. The second kappa shape index (κ2) is 4.61. The zero-order chi connectivity index (χ0) is 12.5. The molecule has 0 aliphatic heterocycles. The molecule has 1 unspecified atom stereocenters. The third-order valence-electron chi connectivity index (χ3n) is 2.45. The van der Waals surface area contributed by atoms with Crippen molar-refractivity contribution in [3.8, 4) is 11.5 Å². The maximum atomic E-state index is 10.9. The van der Waals surface area contributed by atoms with Crippen LogP contribution in [0, 0.1) is 6.92 Å². The molecule has 0 spiro atoms. The lowest BCUT2D eigenvalue weighted by molar-refractivity contribution is -0.138. The number of ether oxygens (including phenoxy) is 1. The number of phenols is 1.